The molecule has 148 valence electrons. The van der Waals surface area contributed by atoms with Crippen molar-refractivity contribution in [3.63, 3.8) is 0 Å². The summed E-state index contributed by atoms with van der Waals surface area (Å²) < 4.78 is 1.35. The first-order valence-corrected chi connectivity index (χ1v) is 9.73. The molecule has 0 saturated carbocycles. The summed E-state index contributed by atoms with van der Waals surface area (Å²) in [5.74, 6) is 1.15. The molecule has 0 unspecified atom stereocenters. The summed E-state index contributed by atoms with van der Waals surface area (Å²) in [6, 6.07) is 14.9. The highest BCUT2D eigenvalue weighted by Crippen LogP contribution is 2.29. The van der Waals surface area contributed by atoms with Gasteiger partial charge in [0, 0.05) is 17.1 Å². The lowest BCUT2D eigenvalue weighted by Gasteiger charge is -2.20. The van der Waals surface area contributed by atoms with Crippen molar-refractivity contribution in [2.45, 2.75) is 33.1 Å². The van der Waals surface area contributed by atoms with E-state index in [1.807, 2.05) is 49.4 Å². The summed E-state index contributed by atoms with van der Waals surface area (Å²) in [6.45, 7) is 8.27. The maximum Gasteiger partial charge on any atom is 0.279 e. The van der Waals surface area contributed by atoms with E-state index in [0.717, 1.165) is 16.6 Å². The Morgan fingerprint density at radius 3 is 2.41 bits per heavy atom. The summed E-state index contributed by atoms with van der Waals surface area (Å²) in [5, 5.41) is 16.6. The van der Waals surface area contributed by atoms with Crippen molar-refractivity contribution >= 4 is 34.0 Å². The SMILES string of the molecule is Cc1cc(Nc2nn(-c3ccc(C(C)(C)C)cc3Cl)c(=O)c3ccccc23)n[nH]1. The average Bonchev–Trinajstić information content (AvgIpc) is 3.08. The van der Waals surface area contributed by atoms with E-state index in [4.69, 9.17) is 11.6 Å². The second-order valence-electron chi connectivity index (χ2n) is 8.09. The maximum atomic E-state index is 13.2. The fourth-order valence-corrected chi connectivity index (χ4v) is 3.45. The third-order valence-corrected chi connectivity index (χ3v) is 5.10. The zero-order valence-corrected chi connectivity index (χ0v) is 17.5. The minimum Gasteiger partial charge on any atom is -0.321 e. The van der Waals surface area contributed by atoms with Gasteiger partial charge in [0.25, 0.3) is 5.56 Å². The van der Waals surface area contributed by atoms with E-state index >= 15 is 0 Å². The minimum atomic E-state index is -0.227. The molecule has 0 aliphatic heterocycles. The largest absolute Gasteiger partial charge is 0.321 e. The Balaban J connectivity index is 1.91. The highest BCUT2D eigenvalue weighted by atomic mass is 35.5. The molecule has 0 atom stereocenters. The third-order valence-electron chi connectivity index (χ3n) is 4.80. The molecular weight excluding hydrogens is 386 g/mol. The molecule has 7 heteroatoms. The first-order chi connectivity index (χ1) is 13.7. The van der Waals surface area contributed by atoms with Crippen molar-refractivity contribution in [3.05, 3.63) is 75.2 Å². The lowest BCUT2D eigenvalue weighted by Crippen LogP contribution is -2.23. The molecule has 0 aliphatic rings. The number of benzene rings is 2. The number of rotatable bonds is 3. The van der Waals surface area contributed by atoms with Crippen LogP contribution in [0.25, 0.3) is 16.5 Å². The summed E-state index contributed by atoms with van der Waals surface area (Å²) in [7, 11) is 0. The van der Waals surface area contributed by atoms with E-state index in [0.29, 0.717) is 27.7 Å². The lowest BCUT2D eigenvalue weighted by molar-refractivity contribution is 0.590. The zero-order valence-electron chi connectivity index (χ0n) is 16.7. The summed E-state index contributed by atoms with van der Waals surface area (Å²) >= 11 is 6.57. The molecule has 0 fully saturated rings. The second kappa shape index (κ2) is 7.04. The molecule has 29 heavy (non-hydrogen) atoms. The van der Waals surface area contributed by atoms with Crippen molar-refractivity contribution in [3.8, 4) is 5.69 Å². The van der Waals surface area contributed by atoms with Crippen LogP contribution in [-0.4, -0.2) is 20.0 Å². The van der Waals surface area contributed by atoms with Crippen LogP contribution in [0.3, 0.4) is 0 Å². The van der Waals surface area contributed by atoms with E-state index in [-0.39, 0.29) is 11.0 Å². The molecule has 2 N–H and O–H groups in total. The molecule has 6 nitrogen and oxygen atoms in total. The Kier molecular flexibility index (Phi) is 4.67. The number of anilines is 2. The monoisotopic (exact) mass is 407 g/mol. The van der Waals surface area contributed by atoms with Gasteiger partial charge in [-0.05, 0) is 36.1 Å². The van der Waals surface area contributed by atoms with Gasteiger partial charge >= 0.3 is 0 Å². The van der Waals surface area contributed by atoms with Crippen LogP contribution in [-0.2, 0) is 5.41 Å². The fraction of sp³-hybridized carbons (Fsp3) is 0.227. The van der Waals surface area contributed by atoms with Gasteiger partial charge in [-0.15, -0.1) is 5.10 Å². The molecule has 0 amide bonds. The Hall–Kier alpha value is -3.12. The van der Waals surface area contributed by atoms with Gasteiger partial charge in [-0.3, -0.25) is 9.89 Å². The smallest absolute Gasteiger partial charge is 0.279 e. The van der Waals surface area contributed by atoms with Crippen LogP contribution in [0.2, 0.25) is 5.02 Å². The first-order valence-electron chi connectivity index (χ1n) is 9.35. The molecule has 0 radical (unpaired) electrons. The highest BCUT2D eigenvalue weighted by molar-refractivity contribution is 6.32. The fourth-order valence-electron chi connectivity index (χ4n) is 3.19. The molecule has 0 saturated heterocycles. The third kappa shape index (κ3) is 3.63. The number of aryl methyl sites for hydroxylation is 1. The van der Waals surface area contributed by atoms with Gasteiger partial charge in [-0.1, -0.05) is 56.6 Å². The van der Waals surface area contributed by atoms with Gasteiger partial charge < -0.3 is 5.32 Å². The van der Waals surface area contributed by atoms with Gasteiger partial charge in [0.15, 0.2) is 11.6 Å². The van der Waals surface area contributed by atoms with Crippen LogP contribution in [0.15, 0.2) is 53.3 Å². The van der Waals surface area contributed by atoms with Crippen LogP contribution in [0.1, 0.15) is 32.0 Å². The molecule has 2 aromatic carbocycles. The molecule has 4 aromatic rings. The highest BCUT2D eigenvalue weighted by Gasteiger charge is 2.18. The van der Waals surface area contributed by atoms with Crippen molar-refractivity contribution in [2.24, 2.45) is 0 Å². The van der Waals surface area contributed by atoms with Crippen molar-refractivity contribution in [1.29, 1.82) is 0 Å². The van der Waals surface area contributed by atoms with E-state index < -0.39 is 0 Å². The van der Waals surface area contributed by atoms with Crippen LogP contribution in [0.4, 0.5) is 11.6 Å². The second-order valence-corrected chi connectivity index (χ2v) is 8.50. The Labute approximate surface area is 173 Å². The van der Waals surface area contributed by atoms with Crippen molar-refractivity contribution in [2.75, 3.05) is 5.32 Å². The predicted octanol–water partition coefficient (Wildman–Crippen LogP) is 5.11. The number of aromatic amines is 1. The van der Waals surface area contributed by atoms with Crippen LogP contribution < -0.4 is 10.9 Å². The van der Waals surface area contributed by atoms with Gasteiger partial charge in [-0.2, -0.15) is 9.78 Å². The van der Waals surface area contributed by atoms with Crippen molar-refractivity contribution < 1.29 is 0 Å². The maximum absolute atomic E-state index is 13.2. The van der Waals surface area contributed by atoms with Gasteiger partial charge in [-0.25, -0.2) is 0 Å². The standard InChI is InChI=1S/C22H22ClN5O/c1-13-11-19(26-25-13)24-20-15-7-5-6-8-16(15)21(29)28(27-20)18-10-9-14(12-17(18)23)22(2,3)4/h5-12H,1-4H3,(H2,24,25,26,27). The van der Waals surface area contributed by atoms with E-state index in [1.54, 1.807) is 6.07 Å². The van der Waals surface area contributed by atoms with Gasteiger partial charge in [0.1, 0.15) is 0 Å². The minimum absolute atomic E-state index is 0.0472. The number of nitrogens with zero attached hydrogens (tertiary/aromatic N) is 3. The number of nitrogens with one attached hydrogen (secondary N) is 2. The van der Waals surface area contributed by atoms with Crippen molar-refractivity contribution in [1.82, 2.24) is 20.0 Å². The predicted molar refractivity (Wildman–Crippen MR) is 118 cm³/mol. The molecule has 0 bridgehead atoms. The van der Waals surface area contributed by atoms with E-state index in [2.05, 4.69) is 41.4 Å². The number of H-pyrrole nitrogens is 1. The molecule has 4 rings (SSSR count). The van der Waals surface area contributed by atoms with E-state index in [9.17, 15) is 4.79 Å². The first kappa shape index (κ1) is 19.2. The van der Waals surface area contributed by atoms with Gasteiger partial charge in [0.2, 0.25) is 0 Å². The molecular formula is C22H22ClN5O. The Morgan fingerprint density at radius 2 is 1.79 bits per heavy atom. The molecule has 0 aliphatic carbocycles. The van der Waals surface area contributed by atoms with Gasteiger partial charge in [0.05, 0.1) is 16.1 Å². The van der Waals surface area contributed by atoms with Crippen LogP contribution >= 0.6 is 11.6 Å². The van der Waals surface area contributed by atoms with Crippen LogP contribution in [0, 0.1) is 6.92 Å². The quantitative estimate of drug-likeness (QED) is 0.494. The summed E-state index contributed by atoms with van der Waals surface area (Å²) in [6.07, 6.45) is 0. The Morgan fingerprint density at radius 1 is 1.07 bits per heavy atom. The number of aromatic nitrogens is 4. The summed E-state index contributed by atoms with van der Waals surface area (Å²) in [5.41, 5.74) is 2.27. The number of fused-ring (bicyclic) bond motifs is 1. The van der Waals surface area contributed by atoms with Crippen LogP contribution in [0.5, 0.6) is 0 Å². The number of halogens is 1. The average molecular weight is 408 g/mol. The van der Waals surface area contributed by atoms with E-state index in [1.165, 1.54) is 4.68 Å². The molecule has 0 spiro atoms. The lowest BCUT2D eigenvalue weighted by atomic mass is 9.87. The number of hydrogen-bond donors (Lipinski definition) is 2. The Bertz CT molecular complexity index is 1270. The molecule has 2 aromatic heterocycles. The molecule has 2 heterocycles. The topological polar surface area (TPSA) is 75.6 Å². The summed E-state index contributed by atoms with van der Waals surface area (Å²) in [4.78, 5) is 13.2. The zero-order chi connectivity index (χ0) is 20.8. The normalized spacial score (nSPS) is 11.8. The number of hydrogen-bond acceptors (Lipinski definition) is 4.